The Morgan fingerprint density at radius 1 is 1.07 bits per heavy atom. The van der Waals surface area contributed by atoms with Crippen LogP contribution in [0, 0.1) is 10.1 Å². The summed E-state index contributed by atoms with van der Waals surface area (Å²) in [6.07, 6.45) is 4.19. The highest BCUT2D eigenvalue weighted by Gasteiger charge is 2.26. The topological polar surface area (TPSA) is 101 Å². The number of rotatable bonds is 4. The van der Waals surface area contributed by atoms with Crippen molar-refractivity contribution in [1.29, 1.82) is 0 Å². The van der Waals surface area contributed by atoms with Gasteiger partial charge in [-0.1, -0.05) is 12.1 Å². The van der Waals surface area contributed by atoms with Gasteiger partial charge < -0.3 is 10.2 Å². The van der Waals surface area contributed by atoms with E-state index in [1.165, 1.54) is 24.3 Å². The number of hydrogen-bond acceptors (Lipinski definition) is 6. The minimum atomic E-state index is -0.497. The molecule has 2 aromatic carbocycles. The minimum absolute atomic E-state index is 0.0560. The number of hydrogen-bond donors (Lipinski definition) is 1. The monoisotopic (exact) mass is 361 g/mol. The maximum atomic E-state index is 12.6. The fourth-order valence-electron chi connectivity index (χ4n) is 3.12. The summed E-state index contributed by atoms with van der Waals surface area (Å²) in [6.45, 7) is 0.726. The Labute approximate surface area is 154 Å². The smallest absolute Gasteiger partial charge is 0.269 e. The molecule has 1 N–H and O–H groups in total. The molecule has 0 saturated carbocycles. The number of nitro groups is 1. The maximum Gasteiger partial charge on any atom is 0.269 e. The summed E-state index contributed by atoms with van der Waals surface area (Å²) in [5.41, 5.74) is 2.92. The van der Waals surface area contributed by atoms with Crippen molar-refractivity contribution in [2.45, 2.75) is 6.42 Å². The fraction of sp³-hybridized carbons (Fsp3) is 0.105. The lowest BCUT2D eigenvalue weighted by Gasteiger charge is -2.20. The number of non-ortho nitro benzene ring substituents is 1. The highest BCUT2D eigenvalue weighted by molar-refractivity contribution is 6.06. The zero-order chi connectivity index (χ0) is 18.8. The number of aromatic nitrogens is 2. The molecule has 0 saturated heterocycles. The Kier molecular flexibility index (Phi) is 4.21. The summed E-state index contributed by atoms with van der Waals surface area (Å²) in [4.78, 5) is 33.4. The second-order valence-electron chi connectivity index (χ2n) is 6.02. The van der Waals surface area contributed by atoms with Crippen LogP contribution < -0.4 is 10.2 Å². The quantitative estimate of drug-likeness (QED) is 0.565. The maximum absolute atomic E-state index is 12.6. The lowest BCUT2D eigenvalue weighted by atomic mass is 10.1. The van der Waals surface area contributed by atoms with Gasteiger partial charge >= 0.3 is 0 Å². The Bertz CT molecular complexity index is 1010. The predicted octanol–water partition coefficient (Wildman–Crippen LogP) is 3.33. The van der Waals surface area contributed by atoms with E-state index >= 15 is 0 Å². The highest BCUT2D eigenvalue weighted by Crippen LogP contribution is 2.38. The van der Waals surface area contributed by atoms with Crippen molar-refractivity contribution in [2.24, 2.45) is 0 Å². The van der Waals surface area contributed by atoms with E-state index in [-0.39, 0.29) is 11.6 Å². The first-order valence-electron chi connectivity index (χ1n) is 8.36. The van der Waals surface area contributed by atoms with Crippen LogP contribution in [-0.2, 0) is 6.42 Å². The summed E-state index contributed by atoms with van der Waals surface area (Å²) >= 11 is 0. The average Bonchev–Trinajstić information content (AvgIpc) is 3.14. The van der Waals surface area contributed by atoms with Gasteiger partial charge in [0.15, 0.2) is 0 Å². The predicted molar refractivity (Wildman–Crippen MR) is 100 cm³/mol. The number of fused-ring (bicyclic) bond motifs is 1. The van der Waals surface area contributed by atoms with E-state index in [0.29, 0.717) is 17.2 Å². The van der Waals surface area contributed by atoms with Crippen molar-refractivity contribution >= 4 is 28.9 Å². The van der Waals surface area contributed by atoms with Gasteiger partial charge in [0.05, 0.1) is 16.3 Å². The Morgan fingerprint density at radius 3 is 2.52 bits per heavy atom. The van der Waals surface area contributed by atoms with E-state index in [0.717, 1.165) is 24.2 Å². The van der Waals surface area contributed by atoms with Crippen LogP contribution in [0.5, 0.6) is 0 Å². The van der Waals surface area contributed by atoms with Crippen molar-refractivity contribution in [3.05, 3.63) is 82.2 Å². The molecule has 0 atom stereocenters. The first kappa shape index (κ1) is 16.6. The number of anilines is 3. The standard InChI is InChI=1S/C19H15N5O3/c25-18(14-5-7-15(8-6-14)24(26)27)22-16-4-1-3-13-9-12-23(17(13)16)19-20-10-2-11-21-19/h1-8,10-11H,9,12H2,(H,22,25). The number of nitrogens with zero attached hydrogens (tertiary/aromatic N) is 4. The van der Waals surface area contributed by atoms with Crippen LogP contribution in [-0.4, -0.2) is 27.3 Å². The van der Waals surface area contributed by atoms with Crippen LogP contribution in [0.3, 0.4) is 0 Å². The van der Waals surface area contributed by atoms with Gasteiger partial charge in [-0.3, -0.25) is 14.9 Å². The van der Waals surface area contributed by atoms with Gasteiger partial charge in [-0.05, 0) is 36.2 Å². The molecule has 0 unspecified atom stereocenters. The van der Waals surface area contributed by atoms with Crippen molar-refractivity contribution < 1.29 is 9.72 Å². The van der Waals surface area contributed by atoms with Crippen LogP contribution in [0.2, 0.25) is 0 Å². The highest BCUT2D eigenvalue weighted by atomic mass is 16.6. The normalized spacial score (nSPS) is 12.5. The summed E-state index contributed by atoms with van der Waals surface area (Å²) in [7, 11) is 0. The molecule has 4 rings (SSSR count). The van der Waals surface area contributed by atoms with E-state index in [1.807, 2.05) is 23.1 Å². The lowest BCUT2D eigenvalue weighted by molar-refractivity contribution is -0.384. The number of carbonyl (C=O) groups is 1. The van der Waals surface area contributed by atoms with Crippen molar-refractivity contribution in [3.63, 3.8) is 0 Å². The zero-order valence-corrected chi connectivity index (χ0v) is 14.2. The van der Waals surface area contributed by atoms with Gasteiger partial charge in [0, 0.05) is 36.6 Å². The van der Waals surface area contributed by atoms with Crippen molar-refractivity contribution in [2.75, 3.05) is 16.8 Å². The largest absolute Gasteiger partial charge is 0.320 e. The van der Waals surface area contributed by atoms with Gasteiger partial charge in [-0.15, -0.1) is 0 Å². The average molecular weight is 361 g/mol. The van der Waals surface area contributed by atoms with E-state index in [9.17, 15) is 14.9 Å². The van der Waals surface area contributed by atoms with Crippen LogP contribution in [0.15, 0.2) is 60.9 Å². The van der Waals surface area contributed by atoms with Gasteiger partial charge in [0.1, 0.15) is 0 Å². The van der Waals surface area contributed by atoms with E-state index in [1.54, 1.807) is 18.5 Å². The molecule has 0 bridgehead atoms. The molecule has 1 amide bonds. The second kappa shape index (κ2) is 6.83. The van der Waals surface area contributed by atoms with Crippen LogP contribution in [0.4, 0.5) is 23.0 Å². The van der Waals surface area contributed by atoms with Gasteiger partial charge in [-0.25, -0.2) is 9.97 Å². The molecule has 134 valence electrons. The van der Waals surface area contributed by atoms with Gasteiger partial charge in [0.25, 0.3) is 11.6 Å². The molecule has 0 radical (unpaired) electrons. The third-order valence-electron chi connectivity index (χ3n) is 4.38. The van der Waals surface area contributed by atoms with E-state index < -0.39 is 4.92 Å². The Hall–Kier alpha value is -3.81. The zero-order valence-electron chi connectivity index (χ0n) is 14.2. The summed E-state index contributed by atoms with van der Waals surface area (Å²) in [6, 6.07) is 13.0. The molecule has 2 heterocycles. The molecule has 3 aromatic rings. The molecular formula is C19H15N5O3. The van der Waals surface area contributed by atoms with Gasteiger partial charge in [-0.2, -0.15) is 0 Å². The second-order valence-corrected chi connectivity index (χ2v) is 6.02. The SMILES string of the molecule is O=C(Nc1cccc2c1N(c1ncccn1)CC2)c1ccc([N+](=O)[O-])cc1. The molecule has 0 aliphatic carbocycles. The minimum Gasteiger partial charge on any atom is -0.320 e. The third-order valence-corrected chi connectivity index (χ3v) is 4.38. The molecule has 1 aliphatic heterocycles. The van der Waals surface area contributed by atoms with E-state index in [2.05, 4.69) is 15.3 Å². The number of carbonyl (C=O) groups excluding carboxylic acids is 1. The third kappa shape index (κ3) is 3.20. The van der Waals surface area contributed by atoms with Crippen LogP contribution in [0.25, 0.3) is 0 Å². The van der Waals surface area contributed by atoms with Crippen molar-refractivity contribution in [3.8, 4) is 0 Å². The summed E-state index contributed by atoms with van der Waals surface area (Å²) < 4.78 is 0. The molecule has 0 spiro atoms. The van der Waals surface area contributed by atoms with Gasteiger partial charge in [0.2, 0.25) is 5.95 Å². The summed E-state index contributed by atoms with van der Waals surface area (Å²) in [5, 5.41) is 13.7. The number of benzene rings is 2. The Morgan fingerprint density at radius 2 is 1.81 bits per heavy atom. The van der Waals surface area contributed by atoms with E-state index in [4.69, 9.17) is 0 Å². The molecule has 8 nitrogen and oxygen atoms in total. The Balaban J connectivity index is 1.63. The molecular weight excluding hydrogens is 346 g/mol. The first-order valence-corrected chi connectivity index (χ1v) is 8.36. The number of para-hydroxylation sites is 1. The van der Waals surface area contributed by atoms with Crippen LogP contribution in [0.1, 0.15) is 15.9 Å². The molecule has 1 aromatic heterocycles. The fourth-order valence-corrected chi connectivity index (χ4v) is 3.12. The first-order chi connectivity index (χ1) is 13.1. The van der Waals surface area contributed by atoms with Crippen LogP contribution >= 0.6 is 0 Å². The summed E-state index contributed by atoms with van der Waals surface area (Å²) in [5.74, 6) is 0.243. The van der Waals surface area contributed by atoms with Crippen molar-refractivity contribution in [1.82, 2.24) is 9.97 Å². The lowest BCUT2D eigenvalue weighted by Crippen LogP contribution is -2.19. The number of amides is 1. The number of nitro benzene ring substituents is 1. The molecule has 0 fully saturated rings. The molecule has 1 aliphatic rings. The molecule has 8 heteroatoms. The molecule has 27 heavy (non-hydrogen) atoms. The number of nitrogens with one attached hydrogen (secondary N) is 1.